The molecule has 0 aliphatic heterocycles. The van der Waals surface area contributed by atoms with E-state index in [-0.39, 0.29) is 49.1 Å². The molecule has 262 valence electrons. The quantitative estimate of drug-likeness (QED) is 0.0285. The maximum absolute atomic E-state index is 12.5. The molecule has 0 aromatic heterocycles. The molecule has 0 aliphatic carbocycles. The maximum Gasteiger partial charge on any atom is 0.306 e. The van der Waals surface area contributed by atoms with Gasteiger partial charge in [0.15, 0.2) is 6.10 Å². The van der Waals surface area contributed by atoms with Crippen LogP contribution in [0, 0.1) is 0 Å². The monoisotopic (exact) mass is 645 g/mol. The third kappa shape index (κ3) is 27.3. The van der Waals surface area contributed by atoms with E-state index in [9.17, 15) is 19.5 Å². The van der Waals surface area contributed by atoms with Crippen LogP contribution in [0.25, 0.3) is 0 Å². The second kappa shape index (κ2) is 29.4. The molecule has 2 atom stereocenters. The normalized spacial score (nSPS) is 13.8. The lowest BCUT2D eigenvalue weighted by atomic mass is 10.1. The van der Waals surface area contributed by atoms with E-state index in [1.807, 2.05) is 0 Å². The van der Waals surface area contributed by atoms with Crippen LogP contribution in [-0.4, -0.2) is 75.5 Å². The van der Waals surface area contributed by atoms with Crippen LogP contribution in [0.4, 0.5) is 0 Å². The number of hydrogen-bond donors (Lipinski definition) is 0. The summed E-state index contributed by atoms with van der Waals surface area (Å²) in [4.78, 5) is 36.4. The highest BCUT2D eigenvalue weighted by Crippen LogP contribution is 2.10. The maximum atomic E-state index is 12.5. The van der Waals surface area contributed by atoms with Gasteiger partial charge in [0.2, 0.25) is 0 Å². The Balaban J connectivity index is 4.62. The number of unbranched alkanes of at least 4 members (excludes halogenated alkanes) is 6. The Hall–Kier alpha value is -2.97. The Kier molecular flexibility index (Phi) is 27.5. The molecule has 46 heavy (non-hydrogen) atoms. The average molecular weight is 646 g/mol. The lowest BCUT2D eigenvalue weighted by molar-refractivity contribution is -0.889. The van der Waals surface area contributed by atoms with Crippen molar-refractivity contribution in [1.29, 1.82) is 0 Å². The number of carboxylic acids is 1. The summed E-state index contributed by atoms with van der Waals surface area (Å²) in [5.74, 6) is -1.86. The van der Waals surface area contributed by atoms with Crippen LogP contribution in [0.2, 0.25) is 0 Å². The fraction of sp³-hybridized carbons (Fsp3) is 0.658. The number of hydrogen-bond acceptors (Lipinski definition) is 7. The van der Waals surface area contributed by atoms with Crippen molar-refractivity contribution in [3.8, 4) is 0 Å². The summed E-state index contributed by atoms with van der Waals surface area (Å²) in [6.07, 6.45) is 32.7. The second-order valence-electron chi connectivity index (χ2n) is 12.4. The van der Waals surface area contributed by atoms with Crippen LogP contribution in [0.1, 0.15) is 110 Å². The number of ether oxygens (including phenoxy) is 3. The van der Waals surface area contributed by atoms with Crippen molar-refractivity contribution in [2.75, 3.05) is 41.0 Å². The summed E-state index contributed by atoms with van der Waals surface area (Å²) in [6.45, 7) is 4.35. The summed E-state index contributed by atoms with van der Waals surface area (Å²) in [6, 6.07) is -0.738. The van der Waals surface area contributed by atoms with E-state index >= 15 is 0 Å². The van der Waals surface area contributed by atoms with Crippen molar-refractivity contribution in [2.24, 2.45) is 0 Å². The predicted octanol–water partition coefficient (Wildman–Crippen LogP) is 6.96. The smallest absolute Gasteiger partial charge is 0.306 e. The number of carbonyl (C=O) groups excluding carboxylic acids is 3. The van der Waals surface area contributed by atoms with Crippen molar-refractivity contribution in [1.82, 2.24) is 0 Å². The number of likely N-dealkylation sites (N-methyl/N-ethyl adjacent to an activating group) is 1. The highest BCUT2D eigenvalue weighted by atomic mass is 16.6. The number of rotatable bonds is 29. The topological polar surface area (TPSA) is 102 Å². The molecule has 0 saturated heterocycles. The minimum absolute atomic E-state index is 0.00877. The van der Waals surface area contributed by atoms with Gasteiger partial charge in [-0.25, -0.2) is 0 Å². The first-order chi connectivity index (χ1) is 22.1. The van der Waals surface area contributed by atoms with Crippen LogP contribution < -0.4 is 5.11 Å². The Morgan fingerprint density at radius 3 is 1.93 bits per heavy atom. The molecule has 0 rings (SSSR count). The highest BCUT2D eigenvalue weighted by molar-refractivity contribution is 5.70. The van der Waals surface area contributed by atoms with Gasteiger partial charge < -0.3 is 28.6 Å². The van der Waals surface area contributed by atoms with Crippen molar-refractivity contribution < 1.29 is 38.2 Å². The van der Waals surface area contributed by atoms with E-state index in [1.54, 1.807) is 21.1 Å². The van der Waals surface area contributed by atoms with Crippen LogP contribution >= 0.6 is 0 Å². The summed E-state index contributed by atoms with van der Waals surface area (Å²) in [5, 5.41) is 11.5. The molecule has 8 nitrogen and oxygen atoms in total. The molecule has 0 aliphatic rings. The van der Waals surface area contributed by atoms with Crippen LogP contribution in [0.15, 0.2) is 60.8 Å². The van der Waals surface area contributed by atoms with Crippen LogP contribution in [0.3, 0.4) is 0 Å². The molecule has 0 aromatic carbocycles. The molecule has 0 N–H and O–H groups in total. The molecule has 0 bridgehead atoms. The van der Waals surface area contributed by atoms with Crippen molar-refractivity contribution in [3.05, 3.63) is 60.8 Å². The first kappa shape index (κ1) is 43.0. The highest BCUT2D eigenvalue weighted by Gasteiger charge is 2.25. The Morgan fingerprint density at radius 1 is 0.696 bits per heavy atom. The Bertz CT molecular complexity index is 943. The van der Waals surface area contributed by atoms with E-state index in [2.05, 4.69) is 74.6 Å². The number of quaternary nitrogens is 1. The molecule has 0 radical (unpaired) electrons. The molecule has 0 heterocycles. The molecule has 8 heteroatoms. The van der Waals surface area contributed by atoms with E-state index in [1.165, 1.54) is 12.8 Å². The number of allylic oxidation sites excluding steroid dienone is 10. The van der Waals surface area contributed by atoms with Gasteiger partial charge in [-0.1, -0.05) is 93.9 Å². The zero-order chi connectivity index (χ0) is 34.3. The minimum atomic E-state index is -1.14. The van der Waals surface area contributed by atoms with Crippen LogP contribution in [-0.2, 0) is 28.6 Å². The number of esters is 2. The third-order valence-corrected chi connectivity index (χ3v) is 7.17. The number of carboxylic acid groups (broad SMARTS) is 1. The minimum Gasteiger partial charge on any atom is -0.544 e. The molecule has 0 saturated carbocycles. The standard InChI is InChI=1S/C38H63NO7/c1-6-8-10-12-14-16-18-20-22-24-26-28-36(40)45-33-34(32-44-31-30-35(38(42)43)39(3,4)5)46-37(41)29-27-25-23-21-19-17-15-13-11-9-7-2/h9,11-12,14-18,21,23,34-35H,6-8,10,13,19-20,22,24-33H2,1-5H3/b11-9+,14-12+,17-15+,18-16+,23-21+. The summed E-state index contributed by atoms with van der Waals surface area (Å²) in [7, 11) is 5.35. The third-order valence-electron chi connectivity index (χ3n) is 7.17. The van der Waals surface area contributed by atoms with Gasteiger partial charge in [0.05, 0.1) is 40.3 Å². The van der Waals surface area contributed by atoms with Crippen molar-refractivity contribution in [3.63, 3.8) is 0 Å². The number of nitrogens with zero attached hydrogens (tertiary/aromatic N) is 1. The van der Waals surface area contributed by atoms with Crippen molar-refractivity contribution in [2.45, 2.75) is 122 Å². The fourth-order valence-corrected chi connectivity index (χ4v) is 4.42. The van der Waals surface area contributed by atoms with Gasteiger partial charge >= 0.3 is 11.9 Å². The summed E-state index contributed by atoms with van der Waals surface area (Å²) in [5.41, 5.74) is 0. The predicted molar refractivity (Wildman–Crippen MR) is 185 cm³/mol. The van der Waals surface area contributed by atoms with E-state index in [4.69, 9.17) is 14.2 Å². The molecular formula is C38H63NO7. The molecular weight excluding hydrogens is 582 g/mol. The zero-order valence-corrected chi connectivity index (χ0v) is 29.5. The largest absolute Gasteiger partial charge is 0.544 e. The first-order valence-corrected chi connectivity index (χ1v) is 17.3. The van der Waals surface area contributed by atoms with Gasteiger partial charge in [0.25, 0.3) is 0 Å². The van der Waals surface area contributed by atoms with Crippen molar-refractivity contribution >= 4 is 17.9 Å². The SMILES string of the molecule is CC/C=C/C/C=C/C/C=C/CCCC(=O)OC(COCCC(C(=O)[O-])[N+](C)(C)C)COC(=O)CCCCC/C=C/C=C/CCCC. The van der Waals surface area contributed by atoms with E-state index < -0.39 is 18.1 Å². The van der Waals surface area contributed by atoms with E-state index in [0.717, 1.165) is 57.8 Å². The van der Waals surface area contributed by atoms with Gasteiger partial charge in [-0.2, -0.15) is 0 Å². The van der Waals surface area contributed by atoms with Crippen LogP contribution in [0.5, 0.6) is 0 Å². The molecule has 0 fully saturated rings. The van der Waals surface area contributed by atoms with Gasteiger partial charge in [0, 0.05) is 19.3 Å². The fourth-order valence-electron chi connectivity index (χ4n) is 4.42. The summed E-state index contributed by atoms with van der Waals surface area (Å²) >= 11 is 0. The number of aliphatic carboxylic acids is 1. The van der Waals surface area contributed by atoms with E-state index in [0.29, 0.717) is 12.8 Å². The molecule has 2 unspecified atom stereocenters. The second-order valence-corrected chi connectivity index (χ2v) is 12.4. The molecule has 0 spiro atoms. The Labute approximate surface area is 279 Å². The first-order valence-electron chi connectivity index (χ1n) is 17.3. The van der Waals surface area contributed by atoms with Gasteiger partial charge in [0.1, 0.15) is 12.6 Å². The van der Waals surface area contributed by atoms with Gasteiger partial charge in [-0.3, -0.25) is 9.59 Å². The zero-order valence-electron chi connectivity index (χ0n) is 29.5. The average Bonchev–Trinajstić information content (AvgIpc) is 3.00. The lowest BCUT2D eigenvalue weighted by Gasteiger charge is -2.34. The lowest BCUT2D eigenvalue weighted by Crippen LogP contribution is -2.55. The number of carbonyl (C=O) groups is 3. The molecule has 0 aromatic rings. The summed E-state index contributed by atoms with van der Waals surface area (Å²) < 4.78 is 16.9. The molecule has 0 amide bonds. The van der Waals surface area contributed by atoms with Gasteiger partial charge in [-0.05, 0) is 57.8 Å². The Morgan fingerprint density at radius 2 is 1.30 bits per heavy atom. The van der Waals surface area contributed by atoms with Gasteiger partial charge in [-0.15, -0.1) is 0 Å².